The quantitative estimate of drug-likeness (QED) is 0.708. The normalized spacial score (nSPS) is 11.7. The molecule has 0 saturated carbocycles. The highest BCUT2D eigenvalue weighted by Crippen LogP contribution is 2.10. The number of aliphatic hydroxyl groups is 1. The molecule has 2 N–H and O–H groups in total. The minimum absolute atomic E-state index is 0.105. The fourth-order valence-corrected chi connectivity index (χ4v) is 2.73. The highest BCUT2D eigenvalue weighted by Gasteiger charge is 2.12. The van der Waals surface area contributed by atoms with Crippen LogP contribution in [0.1, 0.15) is 12.0 Å². The maximum absolute atomic E-state index is 12.0. The molecule has 0 aliphatic heterocycles. The Balaban J connectivity index is 1.86. The Kier molecular flexibility index (Phi) is 4.83. The van der Waals surface area contributed by atoms with Gasteiger partial charge in [-0.05, 0) is 24.1 Å². The summed E-state index contributed by atoms with van der Waals surface area (Å²) in [6.07, 6.45) is 3.92. The Morgan fingerprint density at radius 1 is 1.25 bits per heavy atom. The Bertz CT molecular complexity index is 623. The summed E-state index contributed by atoms with van der Waals surface area (Å²) in [5.41, 5.74) is 0.676. The second-order valence-electron chi connectivity index (χ2n) is 4.22. The summed E-state index contributed by atoms with van der Waals surface area (Å²) in [6.45, 7) is 0.821. The number of hydrogen-bond acceptors (Lipinski definition) is 5. The molecule has 0 aliphatic rings. The molecule has 108 valence electrons. The van der Waals surface area contributed by atoms with Crippen LogP contribution in [-0.2, 0) is 23.2 Å². The second kappa shape index (κ2) is 6.60. The first-order valence-electron chi connectivity index (χ1n) is 6.15. The van der Waals surface area contributed by atoms with Crippen LogP contribution in [0.3, 0.4) is 0 Å². The minimum atomic E-state index is -3.50. The van der Waals surface area contributed by atoms with Crippen LogP contribution in [0.15, 0.2) is 41.6 Å². The van der Waals surface area contributed by atoms with Gasteiger partial charge in [0.1, 0.15) is 0 Å². The third-order valence-corrected chi connectivity index (χ3v) is 4.22. The van der Waals surface area contributed by atoms with Crippen molar-refractivity contribution >= 4 is 10.0 Å². The number of nitrogens with zero attached hydrogens (tertiary/aromatic N) is 3. The van der Waals surface area contributed by atoms with Crippen LogP contribution in [0.4, 0.5) is 0 Å². The molecule has 0 fully saturated rings. The molecule has 0 unspecified atom stereocenters. The van der Waals surface area contributed by atoms with Gasteiger partial charge in [-0.2, -0.15) is 0 Å². The largest absolute Gasteiger partial charge is 0.392 e. The van der Waals surface area contributed by atoms with Crippen molar-refractivity contribution in [1.29, 1.82) is 0 Å². The average Bonchev–Trinajstić information content (AvgIpc) is 2.97. The van der Waals surface area contributed by atoms with Gasteiger partial charge in [-0.3, -0.25) is 4.68 Å². The van der Waals surface area contributed by atoms with E-state index in [4.69, 9.17) is 5.11 Å². The fourth-order valence-electron chi connectivity index (χ4n) is 1.66. The van der Waals surface area contributed by atoms with E-state index >= 15 is 0 Å². The van der Waals surface area contributed by atoms with E-state index in [0.717, 1.165) is 0 Å². The van der Waals surface area contributed by atoms with E-state index < -0.39 is 10.0 Å². The summed E-state index contributed by atoms with van der Waals surface area (Å²) in [5, 5.41) is 16.4. The van der Waals surface area contributed by atoms with Crippen molar-refractivity contribution in [3.05, 3.63) is 42.2 Å². The molecular formula is C12H16N4O3S. The fraction of sp³-hybridized carbons (Fsp3) is 0.333. The van der Waals surface area contributed by atoms with Crippen LogP contribution >= 0.6 is 0 Å². The van der Waals surface area contributed by atoms with Crippen molar-refractivity contribution in [3.63, 3.8) is 0 Å². The molecule has 2 aromatic rings. The number of sulfonamides is 1. The first-order valence-corrected chi connectivity index (χ1v) is 7.64. The van der Waals surface area contributed by atoms with Crippen molar-refractivity contribution in [3.8, 4) is 0 Å². The second-order valence-corrected chi connectivity index (χ2v) is 5.99. The molecular weight excluding hydrogens is 280 g/mol. The van der Waals surface area contributed by atoms with Crippen LogP contribution in [0.5, 0.6) is 0 Å². The zero-order valence-electron chi connectivity index (χ0n) is 10.8. The van der Waals surface area contributed by atoms with Gasteiger partial charge >= 0.3 is 0 Å². The number of hydrogen-bond donors (Lipinski definition) is 2. The van der Waals surface area contributed by atoms with Gasteiger partial charge in [0.2, 0.25) is 10.0 Å². The molecule has 0 bridgehead atoms. The van der Waals surface area contributed by atoms with Gasteiger partial charge in [0, 0.05) is 19.3 Å². The lowest BCUT2D eigenvalue weighted by Crippen LogP contribution is -2.25. The van der Waals surface area contributed by atoms with Gasteiger partial charge in [0.05, 0.1) is 17.7 Å². The molecule has 1 heterocycles. The summed E-state index contributed by atoms with van der Waals surface area (Å²) in [4.78, 5) is 0.190. The Morgan fingerprint density at radius 3 is 2.60 bits per heavy atom. The number of benzene rings is 1. The molecule has 20 heavy (non-hydrogen) atoms. The van der Waals surface area contributed by atoms with Gasteiger partial charge < -0.3 is 5.11 Å². The SMILES string of the molecule is O=S(=O)(NCCCn1ccnn1)c1ccc(CO)cc1. The molecule has 8 heteroatoms. The zero-order chi connectivity index (χ0) is 14.4. The van der Waals surface area contributed by atoms with Crippen molar-refractivity contribution in [2.75, 3.05) is 6.54 Å². The van der Waals surface area contributed by atoms with E-state index in [1.807, 2.05) is 0 Å². The topological polar surface area (TPSA) is 97.1 Å². The zero-order valence-corrected chi connectivity index (χ0v) is 11.6. The van der Waals surface area contributed by atoms with E-state index in [9.17, 15) is 8.42 Å². The average molecular weight is 296 g/mol. The van der Waals surface area contributed by atoms with Crippen LogP contribution < -0.4 is 4.72 Å². The highest BCUT2D eigenvalue weighted by molar-refractivity contribution is 7.89. The maximum atomic E-state index is 12.0. The summed E-state index contributed by atoms with van der Waals surface area (Å²) in [7, 11) is -3.50. The van der Waals surface area contributed by atoms with Gasteiger partial charge in [-0.1, -0.05) is 17.3 Å². The summed E-state index contributed by atoms with van der Waals surface area (Å²) >= 11 is 0. The van der Waals surface area contributed by atoms with E-state index in [1.165, 1.54) is 12.1 Å². The highest BCUT2D eigenvalue weighted by atomic mass is 32.2. The smallest absolute Gasteiger partial charge is 0.240 e. The number of aryl methyl sites for hydroxylation is 1. The molecule has 0 atom stereocenters. The standard InChI is InChI=1S/C12H16N4O3S/c17-10-11-2-4-12(5-3-11)20(18,19)14-6-1-8-16-9-7-13-15-16/h2-5,7,9,14,17H,1,6,8,10H2. The number of aromatic nitrogens is 3. The van der Waals surface area contributed by atoms with Crippen LogP contribution in [0, 0.1) is 0 Å². The molecule has 2 rings (SSSR count). The first kappa shape index (κ1) is 14.6. The van der Waals surface area contributed by atoms with Crippen LogP contribution in [-0.4, -0.2) is 35.1 Å². The first-order chi connectivity index (χ1) is 9.62. The Labute approximate surface area is 117 Å². The van der Waals surface area contributed by atoms with Crippen LogP contribution in [0.25, 0.3) is 0 Å². The third kappa shape index (κ3) is 3.86. The van der Waals surface area contributed by atoms with Crippen LogP contribution in [0.2, 0.25) is 0 Å². The van der Waals surface area contributed by atoms with E-state index in [2.05, 4.69) is 15.0 Å². The number of rotatable bonds is 7. The predicted molar refractivity (Wildman–Crippen MR) is 72.2 cm³/mol. The monoisotopic (exact) mass is 296 g/mol. The maximum Gasteiger partial charge on any atom is 0.240 e. The molecule has 0 saturated heterocycles. The summed E-state index contributed by atoms with van der Waals surface area (Å²) in [6, 6.07) is 6.13. The Hall–Kier alpha value is -1.77. The Morgan fingerprint density at radius 2 is 2.00 bits per heavy atom. The lowest BCUT2D eigenvalue weighted by molar-refractivity contribution is 0.282. The molecule has 0 aliphatic carbocycles. The lowest BCUT2D eigenvalue weighted by Gasteiger charge is -2.07. The van der Waals surface area contributed by atoms with Gasteiger partial charge in [0.15, 0.2) is 0 Å². The van der Waals surface area contributed by atoms with Crippen molar-refractivity contribution < 1.29 is 13.5 Å². The van der Waals surface area contributed by atoms with Gasteiger partial charge in [0.25, 0.3) is 0 Å². The van der Waals surface area contributed by atoms with Crippen molar-refractivity contribution in [2.24, 2.45) is 0 Å². The molecule has 0 amide bonds. The van der Waals surface area contributed by atoms with E-state index in [0.29, 0.717) is 25.1 Å². The molecule has 7 nitrogen and oxygen atoms in total. The molecule has 0 radical (unpaired) electrons. The van der Waals surface area contributed by atoms with Crippen molar-refractivity contribution in [1.82, 2.24) is 19.7 Å². The molecule has 0 spiro atoms. The van der Waals surface area contributed by atoms with Crippen molar-refractivity contribution in [2.45, 2.75) is 24.5 Å². The summed E-state index contributed by atoms with van der Waals surface area (Å²) < 4.78 is 28.1. The lowest BCUT2D eigenvalue weighted by atomic mass is 10.2. The predicted octanol–water partition coefficient (Wildman–Crippen LogP) is 0.139. The molecule has 1 aromatic heterocycles. The number of nitrogens with one attached hydrogen (secondary N) is 1. The molecule has 1 aromatic carbocycles. The summed E-state index contributed by atoms with van der Waals surface area (Å²) in [5.74, 6) is 0. The minimum Gasteiger partial charge on any atom is -0.392 e. The van der Waals surface area contributed by atoms with Gasteiger partial charge in [-0.15, -0.1) is 5.10 Å². The third-order valence-electron chi connectivity index (χ3n) is 2.74. The van der Waals surface area contributed by atoms with Gasteiger partial charge in [-0.25, -0.2) is 13.1 Å². The number of aliphatic hydroxyl groups excluding tert-OH is 1. The van der Waals surface area contributed by atoms with E-state index in [1.54, 1.807) is 29.2 Å². The van der Waals surface area contributed by atoms with E-state index in [-0.39, 0.29) is 11.5 Å².